The molecule has 0 bridgehead atoms. The molecule has 1 aliphatic rings. The summed E-state index contributed by atoms with van der Waals surface area (Å²) in [6.45, 7) is 7.30. The van der Waals surface area contributed by atoms with E-state index >= 15 is 0 Å². The quantitative estimate of drug-likeness (QED) is 0.598. The normalized spacial score (nSPS) is 15.6. The number of aryl methyl sites for hydroxylation is 1. The summed E-state index contributed by atoms with van der Waals surface area (Å²) >= 11 is 1.19. The van der Waals surface area contributed by atoms with Crippen LogP contribution < -0.4 is 10.1 Å². The zero-order valence-corrected chi connectivity index (χ0v) is 18.7. The number of nitrogens with zero attached hydrogens (tertiary/aromatic N) is 3. The summed E-state index contributed by atoms with van der Waals surface area (Å²) < 4.78 is 20.9. The molecule has 0 saturated carbocycles. The van der Waals surface area contributed by atoms with Crippen molar-refractivity contribution in [3.8, 4) is 17.1 Å². The molecule has 1 aromatic carbocycles. The number of rotatable bonds is 7. The standard InChI is InChI=1S/C22H26N4O4S/c1-14(26-7-9-29-10-8-26)11-20-23-22(31-25-20)24-21(27)18-13-19(30-15(18)2)16-5-4-6-17(12-16)28-3/h4-6,12-14H,7-11H2,1-3H3,(H,23,24,25,27). The Labute approximate surface area is 185 Å². The van der Waals surface area contributed by atoms with Crippen molar-refractivity contribution in [1.82, 2.24) is 14.3 Å². The zero-order chi connectivity index (χ0) is 21.8. The number of anilines is 1. The van der Waals surface area contributed by atoms with Crippen molar-refractivity contribution >= 4 is 22.6 Å². The minimum absolute atomic E-state index is 0.265. The Hall–Kier alpha value is -2.75. The molecule has 1 N–H and O–H groups in total. The minimum atomic E-state index is -0.265. The zero-order valence-electron chi connectivity index (χ0n) is 17.9. The lowest BCUT2D eigenvalue weighted by atomic mass is 10.1. The first kappa shape index (κ1) is 21.5. The Balaban J connectivity index is 1.41. The van der Waals surface area contributed by atoms with Gasteiger partial charge < -0.3 is 13.9 Å². The Kier molecular flexibility index (Phi) is 6.64. The first-order valence-electron chi connectivity index (χ1n) is 10.2. The highest BCUT2D eigenvalue weighted by molar-refractivity contribution is 7.09. The van der Waals surface area contributed by atoms with Crippen molar-refractivity contribution in [3.63, 3.8) is 0 Å². The van der Waals surface area contributed by atoms with Crippen LogP contribution in [-0.2, 0) is 11.2 Å². The molecule has 8 nitrogen and oxygen atoms in total. The van der Waals surface area contributed by atoms with E-state index in [9.17, 15) is 4.79 Å². The maximum Gasteiger partial charge on any atom is 0.261 e. The average molecular weight is 443 g/mol. The highest BCUT2D eigenvalue weighted by atomic mass is 32.1. The highest BCUT2D eigenvalue weighted by Gasteiger charge is 2.21. The van der Waals surface area contributed by atoms with Crippen molar-refractivity contribution in [1.29, 1.82) is 0 Å². The number of benzene rings is 1. The van der Waals surface area contributed by atoms with Gasteiger partial charge in [-0.05, 0) is 32.0 Å². The number of ether oxygens (including phenoxy) is 2. The molecule has 4 rings (SSSR count). The second-order valence-electron chi connectivity index (χ2n) is 7.48. The summed E-state index contributed by atoms with van der Waals surface area (Å²) in [6.07, 6.45) is 0.733. The number of morpholine rings is 1. The van der Waals surface area contributed by atoms with Crippen LogP contribution in [-0.4, -0.2) is 59.6 Å². The van der Waals surface area contributed by atoms with E-state index in [1.165, 1.54) is 11.5 Å². The van der Waals surface area contributed by atoms with E-state index in [2.05, 4.69) is 26.5 Å². The molecule has 1 saturated heterocycles. The fourth-order valence-electron chi connectivity index (χ4n) is 3.59. The van der Waals surface area contributed by atoms with Crippen LogP contribution in [0.5, 0.6) is 5.75 Å². The monoisotopic (exact) mass is 442 g/mol. The number of furan rings is 1. The lowest BCUT2D eigenvalue weighted by Crippen LogP contribution is -2.43. The third-order valence-corrected chi connectivity index (χ3v) is 6.02. The van der Waals surface area contributed by atoms with Crippen molar-refractivity contribution in [2.24, 2.45) is 0 Å². The molecular formula is C22H26N4O4S. The SMILES string of the molecule is COc1cccc(-c2cc(C(=O)Nc3nc(CC(C)N4CCOCC4)ns3)c(C)o2)c1. The number of methoxy groups -OCH3 is 1. The van der Waals surface area contributed by atoms with Gasteiger partial charge in [-0.3, -0.25) is 15.0 Å². The van der Waals surface area contributed by atoms with Gasteiger partial charge in [-0.15, -0.1) is 0 Å². The van der Waals surface area contributed by atoms with Crippen LogP contribution in [0.2, 0.25) is 0 Å². The molecule has 1 fully saturated rings. The fraction of sp³-hybridized carbons (Fsp3) is 0.409. The van der Waals surface area contributed by atoms with E-state index in [0.29, 0.717) is 28.3 Å². The van der Waals surface area contributed by atoms with Gasteiger partial charge in [-0.1, -0.05) is 12.1 Å². The van der Waals surface area contributed by atoms with Crippen LogP contribution in [0.3, 0.4) is 0 Å². The third-order valence-electron chi connectivity index (χ3n) is 5.35. The average Bonchev–Trinajstić information content (AvgIpc) is 3.40. The number of aromatic nitrogens is 2. The number of carbonyl (C=O) groups is 1. The number of amides is 1. The van der Waals surface area contributed by atoms with E-state index < -0.39 is 0 Å². The van der Waals surface area contributed by atoms with E-state index in [-0.39, 0.29) is 5.91 Å². The van der Waals surface area contributed by atoms with Crippen LogP contribution >= 0.6 is 11.5 Å². The Morgan fingerprint density at radius 3 is 2.90 bits per heavy atom. The molecular weight excluding hydrogens is 416 g/mol. The van der Waals surface area contributed by atoms with Crippen molar-refractivity contribution < 1.29 is 18.7 Å². The van der Waals surface area contributed by atoms with Crippen molar-refractivity contribution in [2.75, 3.05) is 38.7 Å². The summed E-state index contributed by atoms with van der Waals surface area (Å²) in [5.41, 5.74) is 1.31. The summed E-state index contributed by atoms with van der Waals surface area (Å²) in [4.78, 5) is 19.7. The van der Waals surface area contributed by atoms with Gasteiger partial charge in [-0.2, -0.15) is 4.37 Å². The maximum atomic E-state index is 12.8. The van der Waals surface area contributed by atoms with Crippen LogP contribution in [0.1, 0.15) is 28.9 Å². The lowest BCUT2D eigenvalue weighted by molar-refractivity contribution is 0.0200. The molecule has 1 aliphatic heterocycles. The Morgan fingerprint density at radius 2 is 2.13 bits per heavy atom. The number of carbonyl (C=O) groups excluding carboxylic acids is 1. The van der Waals surface area contributed by atoms with Crippen molar-refractivity contribution in [3.05, 3.63) is 47.5 Å². The molecule has 2 aromatic heterocycles. The largest absolute Gasteiger partial charge is 0.497 e. The van der Waals surface area contributed by atoms with Gasteiger partial charge in [0.1, 0.15) is 23.1 Å². The van der Waals surface area contributed by atoms with E-state index in [1.54, 1.807) is 20.1 Å². The first-order chi connectivity index (χ1) is 15.0. The predicted molar refractivity (Wildman–Crippen MR) is 119 cm³/mol. The molecule has 0 radical (unpaired) electrons. The smallest absolute Gasteiger partial charge is 0.261 e. The molecule has 9 heteroatoms. The minimum Gasteiger partial charge on any atom is -0.497 e. The summed E-state index contributed by atoms with van der Waals surface area (Å²) in [7, 11) is 1.61. The summed E-state index contributed by atoms with van der Waals surface area (Å²) in [5.74, 6) is 2.35. The molecule has 0 aliphatic carbocycles. The number of nitrogens with one attached hydrogen (secondary N) is 1. The van der Waals surface area contributed by atoms with Crippen LogP contribution in [0.4, 0.5) is 5.13 Å². The summed E-state index contributed by atoms with van der Waals surface area (Å²) in [6, 6.07) is 9.58. The fourth-order valence-corrected chi connectivity index (χ4v) is 4.18. The van der Waals surface area contributed by atoms with Gasteiger partial charge >= 0.3 is 0 Å². The summed E-state index contributed by atoms with van der Waals surface area (Å²) in [5, 5.41) is 3.33. The second-order valence-corrected chi connectivity index (χ2v) is 8.24. The van der Waals surface area contributed by atoms with Gasteiger partial charge in [0.05, 0.1) is 25.9 Å². The van der Waals surface area contributed by atoms with E-state index in [0.717, 1.165) is 49.9 Å². The highest BCUT2D eigenvalue weighted by Crippen LogP contribution is 2.28. The Bertz CT molecular complexity index is 1040. The van der Waals surface area contributed by atoms with E-state index in [4.69, 9.17) is 13.9 Å². The van der Waals surface area contributed by atoms with Crippen LogP contribution in [0, 0.1) is 6.92 Å². The first-order valence-corrected chi connectivity index (χ1v) is 11.0. The Morgan fingerprint density at radius 1 is 1.32 bits per heavy atom. The van der Waals surface area contributed by atoms with E-state index in [1.807, 2.05) is 24.3 Å². The molecule has 3 aromatic rings. The maximum absolute atomic E-state index is 12.8. The molecule has 3 heterocycles. The topological polar surface area (TPSA) is 89.7 Å². The molecule has 164 valence electrons. The predicted octanol–water partition coefficient (Wildman–Crippen LogP) is 3.63. The third kappa shape index (κ3) is 5.12. The molecule has 1 amide bonds. The van der Waals surface area contributed by atoms with Gasteiger partial charge in [0.25, 0.3) is 5.91 Å². The van der Waals surface area contributed by atoms with Gasteiger partial charge in [0, 0.05) is 42.6 Å². The van der Waals surface area contributed by atoms with Gasteiger partial charge in [-0.25, -0.2) is 4.98 Å². The lowest BCUT2D eigenvalue weighted by Gasteiger charge is -2.31. The number of hydrogen-bond acceptors (Lipinski definition) is 8. The molecule has 1 atom stereocenters. The molecule has 31 heavy (non-hydrogen) atoms. The molecule has 1 unspecified atom stereocenters. The van der Waals surface area contributed by atoms with Gasteiger partial charge in [0.2, 0.25) is 5.13 Å². The number of hydrogen-bond donors (Lipinski definition) is 1. The van der Waals surface area contributed by atoms with Crippen LogP contribution in [0.25, 0.3) is 11.3 Å². The molecule has 0 spiro atoms. The van der Waals surface area contributed by atoms with Gasteiger partial charge in [0.15, 0.2) is 0 Å². The van der Waals surface area contributed by atoms with Crippen LogP contribution in [0.15, 0.2) is 34.7 Å². The second kappa shape index (κ2) is 9.59. The van der Waals surface area contributed by atoms with Crippen molar-refractivity contribution in [2.45, 2.75) is 26.3 Å².